The lowest BCUT2D eigenvalue weighted by atomic mass is 9.82. The average Bonchev–Trinajstić information content (AvgIpc) is 3.08. The van der Waals surface area contributed by atoms with Crippen LogP contribution in [0.4, 0.5) is 0 Å². The summed E-state index contributed by atoms with van der Waals surface area (Å²) in [6, 6.07) is -0.120. The van der Waals surface area contributed by atoms with E-state index in [0.717, 1.165) is 30.9 Å². The number of hydrogen-bond donors (Lipinski definition) is 1. The summed E-state index contributed by atoms with van der Waals surface area (Å²) < 4.78 is 11.3. The van der Waals surface area contributed by atoms with Crippen LogP contribution in [0.15, 0.2) is 5.38 Å². The summed E-state index contributed by atoms with van der Waals surface area (Å²) in [5, 5.41) is 2.65. The zero-order chi connectivity index (χ0) is 14.2. The maximum atomic E-state index is 12.6. The maximum Gasteiger partial charge on any atom is 0.185 e. The number of nitrogens with zero attached hydrogens (tertiary/aromatic N) is 1. The molecule has 0 saturated carbocycles. The smallest absolute Gasteiger partial charge is 0.185 e. The van der Waals surface area contributed by atoms with Gasteiger partial charge in [-0.15, -0.1) is 11.3 Å². The number of Topliss-reactive ketones (excluding diaryl/α,β-unsaturated/α-hetero) is 1. The van der Waals surface area contributed by atoms with Gasteiger partial charge >= 0.3 is 0 Å². The van der Waals surface area contributed by atoms with E-state index in [1.165, 1.54) is 11.3 Å². The number of aromatic nitrogens is 1. The van der Waals surface area contributed by atoms with E-state index in [-0.39, 0.29) is 23.3 Å². The van der Waals surface area contributed by atoms with E-state index in [2.05, 4.69) is 4.98 Å². The molecule has 2 aliphatic heterocycles. The highest BCUT2D eigenvalue weighted by atomic mass is 32.1. The Kier molecular flexibility index (Phi) is 3.90. The minimum absolute atomic E-state index is 0.00604. The Morgan fingerprint density at radius 1 is 1.60 bits per heavy atom. The molecule has 3 atom stereocenters. The van der Waals surface area contributed by atoms with Crippen molar-refractivity contribution in [3.8, 4) is 0 Å². The zero-order valence-corrected chi connectivity index (χ0v) is 12.4. The van der Waals surface area contributed by atoms with Crippen molar-refractivity contribution in [3.63, 3.8) is 0 Å². The normalized spacial score (nSPS) is 31.6. The van der Waals surface area contributed by atoms with Gasteiger partial charge in [-0.25, -0.2) is 4.98 Å². The van der Waals surface area contributed by atoms with Crippen LogP contribution in [0.1, 0.15) is 47.7 Å². The number of ketones is 1. The van der Waals surface area contributed by atoms with E-state index >= 15 is 0 Å². The fraction of sp³-hybridized carbons (Fsp3) is 0.714. The molecular weight excluding hydrogens is 276 g/mol. The van der Waals surface area contributed by atoms with Crippen LogP contribution in [0.25, 0.3) is 0 Å². The fourth-order valence-electron chi connectivity index (χ4n) is 2.93. The Bertz CT molecular complexity index is 494. The average molecular weight is 296 g/mol. The zero-order valence-electron chi connectivity index (χ0n) is 11.6. The number of carbonyl (C=O) groups excluding carboxylic acids is 1. The van der Waals surface area contributed by atoms with E-state index in [9.17, 15) is 4.79 Å². The second-order valence-electron chi connectivity index (χ2n) is 5.75. The van der Waals surface area contributed by atoms with Crippen LogP contribution in [-0.4, -0.2) is 36.2 Å². The summed E-state index contributed by atoms with van der Waals surface area (Å²) in [6.07, 6.45) is 2.40. The molecule has 1 aromatic heterocycles. The van der Waals surface area contributed by atoms with Crippen molar-refractivity contribution >= 4 is 17.1 Å². The first-order valence-corrected chi connectivity index (χ1v) is 7.94. The van der Waals surface area contributed by atoms with Crippen LogP contribution in [0.2, 0.25) is 0 Å². The number of hydrogen-bond acceptors (Lipinski definition) is 6. The Balaban J connectivity index is 1.72. The number of ether oxygens (including phenoxy) is 2. The molecule has 2 fully saturated rings. The van der Waals surface area contributed by atoms with Crippen molar-refractivity contribution in [1.82, 2.24) is 4.98 Å². The molecule has 0 amide bonds. The largest absolute Gasteiger partial charge is 0.378 e. The summed E-state index contributed by atoms with van der Waals surface area (Å²) >= 11 is 1.46. The third kappa shape index (κ3) is 2.65. The van der Waals surface area contributed by atoms with Gasteiger partial charge in [0.1, 0.15) is 10.7 Å². The van der Waals surface area contributed by atoms with Crippen LogP contribution in [0.3, 0.4) is 0 Å². The number of thiazole rings is 1. The lowest BCUT2D eigenvalue weighted by Gasteiger charge is -2.36. The van der Waals surface area contributed by atoms with Crippen molar-refractivity contribution in [1.29, 1.82) is 0 Å². The maximum absolute atomic E-state index is 12.6. The van der Waals surface area contributed by atoms with Gasteiger partial charge in [0.2, 0.25) is 0 Å². The molecule has 1 aromatic rings. The molecule has 0 aliphatic carbocycles. The minimum atomic E-state index is -0.238. The third-order valence-corrected chi connectivity index (χ3v) is 5.14. The third-order valence-electron chi connectivity index (χ3n) is 4.09. The molecule has 3 rings (SSSR count). The van der Waals surface area contributed by atoms with E-state index in [4.69, 9.17) is 15.2 Å². The fourth-order valence-corrected chi connectivity index (χ4v) is 3.70. The molecule has 20 heavy (non-hydrogen) atoms. The van der Waals surface area contributed by atoms with Gasteiger partial charge in [-0.1, -0.05) is 0 Å². The van der Waals surface area contributed by atoms with Crippen molar-refractivity contribution in [2.75, 3.05) is 19.8 Å². The number of rotatable bonds is 3. The van der Waals surface area contributed by atoms with Crippen molar-refractivity contribution in [2.45, 2.75) is 37.8 Å². The first-order valence-electron chi connectivity index (χ1n) is 7.07. The van der Waals surface area contributed by atoms with Gasteiger partial charge < -0.3 is 15.2 Å². The highest BCUT2D eigenvalue weighted by Crippen LogP contribution is 2.37. The lowest BCUT2D eigenvalue weighted by Crippen LogP contribution is -2.42. The molecule has 1 spiro atoms. The molecule has 6 heteroatoms. The van der Waals surface area contributed by atoms with Gasteiger partial charge in [0.15, 0.2) is 5.78 Å². The molecule has 110 valence electrons. The molecule has 3 heterocycles. The summed E-state index contributed by atoms with van der Waals surface area (Å²) in [6.45, 7) is 3.85. The van der Waals surface area contributed by atoms with Crippen molar-refractivity contribution < 1.29 is 14.3 Å². The Hall–Kier alpha value is -0.820. The molecule has 2 N–H and O–H groups in total. The van der Waals surface area contributed by atoms with E-state index in [1.807, 2.05) is 12.3 Å². The van der Waals surface area contributed by atoms with Crippen LogP contribution < -0.4 is 5.73 Å². The Morgan fingerprint density at radius 3 is 3.10 bits per heavy atom. The molecular formula is C14H20N2O3S. The molecule has 2 saturated heterocycles. The minimum Gasteiger partial charge on any atom is -0.378 e. The molecule has 5 nitrogen and oxygen atoms in total. The highest BCUT2D eigenvalue weighted by Gasteiger charge is 2.43. The van der Waals surface area contributed by atoms with Crippen LogP contribution >= 0.6 is 11.3 Å². The van der Waals surface area contributed by atoms with E-state index < -0.39 is 0 Å². The molecule has 2 aliphatic rings. The Labute approximate surface area is 122 Å². The van der Waals surface area contributed by atoms with Crippen molar-refractivity contribution in [3.05, 3.63) is 16.1 Å². The van der Waals surface area contributed by atoms with Gasteiger partial charge in [0.25, 0.3) is 0 Å². The van der Waals surface area contributed by atoms with Gasteiger partial charge in [-0.3, -0.25) is 4.79 Å². The van der Waals surface area contributed by atoms with E-state index in [0.29, 0.717) is 18.9 Å². The summed E-state index contributed by atoms with van der Waals surface area (Å²) in [7, 11) is 0. The number of nitrogens with two attached hydrogens (primary N) is 1. The van der Waals surface area contributed by atoms with Gasteiger partial charge in [0.05, 0.1) is 18.2 Å². The highest BCUT2D eigenvalue weighted by molar-refractivity contribution is 7.09. The van der Waals surface area contributed by atoms with Crippen LogP contribution in [0, 0.1) is 5.92 Å². The number of carbonyl (C=O) groups is 1. The summed E-state index contributed by atoms with van der Waals surface area (Å²) in [5.41, 5.74) is 6.12. The first-order chi connectivity index (χ1) is 9.60. The van der Waals surface area contributed by atoms with Crippen LogP contribution in [-0.2, 0) is 9.47 Å². The Morgan fingerprint density at radius 2 is 2.45 bits per heavy atom. The van der Waals surface area contributed by atoms with Gasteiger partial charge in [-0.2, -0.15) is 0 Å². The standard InChI is InChI=1S/C14H20N2O3S/c1-9(15)13-16-11(7-20-13)12(17)10-2-4-19-14(6-10)3-5-18-8-14/h7,9-10H,2-6,8,15H2,1H3. The quantitative estimate of drug-likeness (QED) is 0.863. The van der Waals surface area contributed by atoms with E-state index in [1.54, 1.807) is 0 Å². The second-order valence-corrected chi connectivity index (χ2v) is 6.64. The predicted octanol–water partition coefficient (Wildman–Crippen LogP) is 1.93. The molecule has 0 bridgehead atoms. The van der Waals surface area contributed by atoms with Crippen molar-refractivity contribution in [2.24, 2.45) is 11.7 Å². The monoisotopic (exact) mass is 296 g/mol. The molecule has 0 radical (unpaired) electrons. The second kappa shape index (κ2) is 5.52. The predicted molar refractivity (Wildman–Crippen MR) is 75.9 cm³/mol. The molecule has 3 unspecified atom stereocenters. The SMILES string of the molecule is CC(N)c1nc(C(=O)C2CCOC3(CCOC3)C2)cs1. The molecule has 0 aromatic carbocycles. The topological polar surface area (TPSA) is 74.4 Å². The summed E-state index contributed by atoms with van der Waals surface area (Å²) in [4.78, 5) is 17.0. The first kappa shape index (κ1) is 14.1. The van der Waals surface area contributed by atoms with Gasteiger partial charge in [-0.05, 0) is 19.8 Å². The van der Waals surface area contributed by atoms with Crippen LogP contribution in [0.5, 0.6) is 0 Å². The lowest BCUT2D eigenvalue weighted by molar-refractivity contribution is -0.0921. The summed E-state index contributed by atoms with van der Waals surface area (Å²) in [5.74, 6) is 0.121. The van der Waals surface area contributed by atoms with Gasteiger partial charge in [0, 0.05) is 30.9 Å².